The van der Waals surface area contributed by atoms with Gasteiger partial charge < -0.3 is 10.1 Å². The summed E-state index contributed by atoms with van der Waals surface area (Å²) >= 11 is 7.26. The highest BCUT2D eigenvalue weighted by Crippen LogP contribution is 2.22. The molecule has 1 fully saturated rings. The molecule has 7 nitrogen and oxygen atoms in total. The Morgan fingerprint density at radius 3 is 3.21 bits per heavy atom. The number of nitrogens with zero attached hydrogens (tertiary/aromatic N) is 4. The van der Waals surface area contributed by atoms with Gasteiger partial charge in [0.15, 0.2) is 0 Å². The van der Waals surface area contributed by atoms with Crippen molar-refractivity contribution in [3.8, 4) is 0 Å². The maximum absolute atomic E-state index is 12.1. The van der Waals surface area contributed by atoms with Gasteiger partial charge in [0.1, 0.15) is 0 Å². The molecule has 24 heavy (non-hydrogen) atoms. The van der Waals surface area contributed by atoms with E-state index >= 15 is 0 Å². The fourth-order valence-electron chi connectivity index (χ4n) is 2.44. The predicted molar refractivity (Wildman–Crippen MR) is 92.3 cm³/mol. The first kappa shape index (κ1) is 17.2. The molecule has 0 aliphatic carbocycles. The second kappa shape index (κ2) is 7.96. The Morgan fingerprint density at radius 1 is 1.54 bits per heavy atom. The molecule has 3 rings (SSSR count). The number of nitrogens with one attached hydrogen (secondary N) is 1. The number of carbonyl (C=O) groups is 1. The van der Waals surface area contributed by atoms with E-state index in [1.54, 1.807) is 16.8 Å². The van der Waals surface area contributed by atoms with Crippen molar-refractivity contribution >= 4 is 35.0 Å². The zero-order valence-corrected chi connectivity index (χ0v) is 14.8. The Labute approximate surface area is 149 Å². The van der Waals surface area contributed by atoms with Gasteiger partial charge in [-0.3, -0.25) is 4.79 Å². The molecule has 1 saturated heterocycles. The molecule has 0 radical (unpaired) electrons. The van der Waals surface area contributed by atoms with E-state index in [0.29, 0.717) is 22.4 Å². The molecule has 1 aliphatic heterocycles. The van der Waals surface area contributed by atoms with E-state index in [0.717, 1.165) is 25.0 Å². The summed E-state index contributed by atoms with van der Waals surface area (Å²) in [5.74, 6) is 0.0923. The molecule has 0 spiro atoms. The number of halogens is 1. The van der Waals surface area contributed by atoms with Crippen molar-refractivity contribution < 1.29 is 9.53 Å². The minimum atomic E-state index is -0.128. The van der Waals surface area contributed by atoms with E-state index in [9.17, 15) is 4.79 Å². The number of amides is 1. The zero-order valence-electron chi connectivity index (χ0n) is 13.2. The van der Waals surface area contributed by atoms with Crippen molar-refractivity contribution in [2.75, 3.05) is 17.7 Å². The van der Waals surface area contributed by atoms with Gasteiger partial charge in [-0.1, -0.05) is 29.4 Å². The largest absolute Gasteiger partial charge is 0.376 e. The van der Waals surface area contributed by atoms with Crippen LogP contribution in [0.1, 0.15) is 18.4 Å². The first-order chi connectivity index (χ1) is 11.6. The number of benzene rings is 1. The molecule has 1 aromatic heterocycles. The van der Waals surface area contributed by atoms with Gasteiger partial charge in [0.2, 0.25) is 11.1 Å². The van der Waals surface area contributed by atoms with E-state index in [2.05, 4.69) is 20.8 Å². The molecule has 2 heterocycles. The van der Waals surface area contributed by atoms with Crippen molar-refractivity contribution in [3.05, 3.63) is 28.8 Å². The lowest BCUT2D eigenvalue weighted by atomic mass is 10.2. The zero-order chi connectivity index (χ0) is 16.9. The first-order valence-corrected chi connectivity index (χ1v) is 9.05. The third kappa shape index (κ3) is 4.46. The van der Waals surface area contributed by atoms with Gasteiger partial charge in [-0.2, -0.15) is 0 Å². The van der Waals surface area contributed by atoms with Crippen LogP contribution in [-0.2, 0) is 16.1 Å². The highest BCUT2D eigenvalue weighted by molar-refractivity contribution is 7.99. The monoisotopic (exact) mass is 367 g/mol. The number of rotatable bonds is 6. The van der Waals surface area contributed by atoms with Gasteiger partial charge in [-0.05, 0) is 47.9 Å². The Balaban J connectivity index is 1.54. The molecule has 1 N–H and O–H groups in total. The second-order valence-electron chi connectivity index (χ2n) is 5.57. The topological polar surface area (TPSA) is 81.9 Å². The van der Waals surface area contributed by atoms with E-state index < -0.39 is 0 Å². The minimum Gasteiger partial charge on any atom is -0.376 e. The number of aromatic nitrogens is 4. The quantitative estimate of drug-likeness (QED) is 0.790. The molecular weight excluding hydrogens is 350 g/mol. The molecular formula is C15H18ClN5O2S. The lowest BCUT2D eigenvalue weighted by molar-refractivity contribution is -0.113. The minimum absolute atomic E-state index is 0.128. The number of carbonyl (C=O) groups excluding carboxylic acids is 1. The summed E-state index contributed by atoms with van der Waals surface area (Å²) in [4.78, 5) is 12.1. The maximum atomic E-state index is 12.1. The van der Waals surface area contributed by atoms with Crippen molar-refractivity contribution in [2.24, 2.45) is 0 Å². The van der Waals surface area contributed by atoms with Gasteiger partial charge in [-0.25, -0.2) is 4.68 Å². The number of aryl methyl sites for hydroxylation is 1. The summed E-state index contributed by atoms with van der Waals surface area (Å²) in [6.45, 7) is 3.32. The van der Waals surface area contributed by atoms with Crippen LogP contribution in [0.5, 0.6) is 0 Å². The highest BCUT2D eigenvalue weighted by atomic mass is 35.5. The molecule has 128 valence electrons. The lowest BCUT2D eigenvalue weighted by Gasteiger charge is -2.10. The fourth-order valence-corrected chi connectivity index (χ4v) is 3.30. The van der Waals surface area contributed by atoms with Crippen molar-refractivity contribution in [3.63, 3.8) is 0 Å². The Morgan fingerprint density at radius 2 is 2.42 bits per heavy atom. The van der Waals surface area contributed by atoms with Crippen LogP contribution in [0.15, 0.2) is 23.4 Å². The predicted octanol–water partition coefficient (Wildman–Crippen LogP) is 2.54. The third-order valence-corrected chi connectivity index (χ3v) is 4.90. The van der Waals surface area contributed by atoms with Crippen molar-refractivity contribution in [1.29, 1.82) is 0 Å². The Bertz CT molecular complexity index is 718. The number of ether oxygens (including phenoxy) is 1. The number of hydrogen-bond donors (Lipinski definition) is 1. The summed E-state index contributed by atoms with van der Waals surface area (Å²) in [6, 6.07) is 5.40. The van der Waals surface area contributed by atoms with Gasteiger partial charge in [0.05, 0.1) is 18.4 Å². The number of hydrogen-bond acceptors (Lipinski definition) is 6. The lowest BCUT2D eigenvalue weighted by Crippen LogP contribution is -2.18. The van der Waals surface area contributed by atoms with E-state index in [1.165, 1.54) is 11.8 Å². The third-order valence-electron chi connectivity index (χ3n) is 3.71. The maximum Gasteiger partial charge on any atom is 0.234 e. The Kier molecular flexibility index (Phi) is 5.70. The fraction of sp³-hybridized carbons (Fsp3) is 0.467. The molecule has 1 unspecified atom stereocenters. The number of anilines is 1. The van der Waals surface area contributed by atoms with Crippen LogP contribution in [0.4, 0.5) is 5.69 Å². The molecule has 1 aromatic carbocycles. The average Bonchev–Trinajstić information content (AvgIpc) is 3.21. The molecule has 9 heteroatoms. The summed E-state index contributed by atoms with van der Waals surface area (Å²) in [6.07, 6.45) is 2.23. The molecule has 0 saturated carbocycles. The number of thioether (sulfide) groups is 1. The van der Waals surface area contributed by atoms with Crippen LogP contribution >= 0.6 is 23.4 Å². The molecule has 1 amide bonds. The highest BCUT2D eigenvalue weighted by Gasteiger charge is 2.19. The van der Waals surface area contributed by atoms with Crippen molar-refractivity contribution in [2.45, 2.75) is 37.6 Å². The molecule has 1 aliphatic rings. The Hall–Kier alpha value is -1.64. The van der Waals surface area contributed by atoms with Gasteiger partial charge in [-0.15, -0.1) is 5.10 Å². The average molecular weight is 368 g/mol. The van der Waals surface area contributed by atoms with Crippen LogP contribution in [0.2, 0.25) is 5.02 Å². The van der Waals surface area contributed by atoms with Gasteiger partial charge >= 0.3 is 0 Å². The van der Waals surface area contributed by atoms with Crippen LogP contribution in [0, 0.1) is 6.92 Å². The smallest absolute Gasteiger partial charge is 0.234 e. The molecule has 0 bridgehead atoms. The first-order valence-electron chi connectivity index (χ1n) is 7.68. The van der Waals surface area contributed by atoms with E-state index in [1.807, 2.05) is 13.0 Å². The van der Waals surface area contributed by atoms with Gasteiger partial charge in [0.25, 0.3) is 0 Å². The normalized spacial score (nSPS) is 17.2. The number of tetrazole rings is 1. The van der Waals surface area contributed by atoms with Crippen molar-refractivity contribution in [1.82, 2.24) is 20.2 Å². The van der Waals surface area contributed by atoms with Gasteiger partial charge in [0, 0.05) is 17.3 Å². The summed E-state index contributed by atoms with van der Waals surface area (Å²) in [5.41, 5.74) is 1.67. The molecule has 1 atom stereocenters. The van der Waals surface area contributed by atoms with E-state index in [-0.39, 0.29) is 17.8 Å². The SMILES string of the molecule is Cc1ccc(Cl)cc1NC(=O)CSc1nnnn1CC1CCCO1. The second-order valence-corrected chi connectivity index (χ2v) is 6.95. The standard InChI is InChI=1S/C15H18ClN5O2S/c1-10-4-5-11(16)7-13(10)17-14(22)9-24-15-18-19-20-21(15)8-12-3-2-6-23-12/h4-5,7,12H,2-3,6,8-9H2,1H3,(H,17,22). The molecule has 2 aromatic rings. The summed E-state index contributed by atoms with van der Waals surface area (Å²) < 4.78 is 7.29. The van der Waals surface area contributed by atoms with Crippen LogP contribution in [0.25, 0.3) is 0 Å². The van der Waals surface area contributed by atoms with Crippen LogP contribution < -0.4 is 5.32 Å². The summed E-state index contributed by atoms with van der Waals surface area (Å²) in [5, 5.41) is 15.7. The van der Waals surface area contributed by atoms with Crippen LogP contribution in [0.3, 0.4) is 0 Å². The van der Waals surface area contributed by atoms with Crippen LogP contribution in [-0.4, -0.2) is 44.6 Å². The summed E-state index contributed by atoms with van der Waals surface area (Å²) in [7, 11) is 0. The van der Waals surface area contributed by atoms with E-state index in [4.69, 9.17) is 16.3 Å².